The Morgan fingerprint density at radius 2 is 1.66 bits per heavy atom. The fourth-order valence-electron chi connectivity index (χ4n) is 3.31. The molecule has 1 aliphatic heterocycles. The van der Waals surface area contributed by atoms with Gasteiger partial charge in [-0.1, -0.05) is 11.6 Å². The summed E-state index contributed by atoms with van der Waals surface area (Å²) < 4.78 is 78.5. The van der Waals surface area contributed by atoms with Crippen molar-refractivity contribution in [2.75, 3.05) is 18.4 Å². The Labute approximate surface area is 183 Å². The fourth-order valence-corrected chi connectivity index (χ4v) is 3.43. The molecular formula is C20H16ClF6N3O2. The Morgan fingerprint density at radius 3 is 2.19 bits per heavy atom. The van der Waals surface area contributed by atoms with Crippen molar-refractivity contribution in [2.24, 2.45) is 5.92 Å². The zero-order valence-corrected chi connectivity index (χ0v) is 17.0. The molecule has 1 aromatic carbocycles. The van der Waals surface area contributed by atoms with E-state index < -0.39 is 46.8 Å². The highest BCUT2D eigenvalue weighted by Crippen LogP contribution is 2.36. The second kappa shape index (κ2) is 8.97. The number of pyridine rings is 1. The van der Waals surface area contributed by atoms with Crippen molar-refractivity contribution >= 4 is 29.2 Å². The number of nitrogens with one attached hydrogen (secondary N) is 1. The summed E-state index contributed by atoms with van der Waals surface area (Å²) in [4.78, 5) is 30.3. The summed E-state index contributed by atoms with van der Waals surface area (Å²) in [5, 5.41) is 2.91. The zero-order valence-electron chi connectivity index (χ0n) is 16.2. The van der Waals surface area contributed by atoms with Crippen molar-refractivity contribution in [3.8, 4) is 0 Å². The van der Waals surface area contributed by atoms with Gasteiger partial charge in [0.1, 0.15) is 5.82 Å². The zero-order chi connectivity index (χ0) is 23.7. The fraction of sp³-hybridized carbons (Fsp3) is 0.350. The van der Waals surface area contributed by atoms with E-state index in [2.05, 4.69) is 10.3 Å². The molecule has 32 heavy (non-hydrogen) atoms. The van der Waals surface area contributed by atoms with Crippen LogP contribution in [0.2, 0.25) is 5.02 Å². The lowest BCUT2D eigenvalue weighted by Gasteiger charge is -2.32. The molecule has 2 amide bonds. The maximum atomic E-state index is 13.1. The van der Waals surface area contributed by atoms with Crippen molar-refractivity contribution in [3.05, 3.63) is 58.2 Å². The van der Waals surface area contributed by atoms with Gasteiger partial charge in [-0.05, 0) is 43.2 Å². The molecule has 5 nitrogen and oxygen atoms in total. The number of anilines is 1. The summed E-state index contributed by atoms with van der Waals surface area (Å²) in [5.74, 6) is -1.98. The molecule has 3 rings (SSSR count). The highest BCUT2D eigenvalue weighted by molar-refractivity contribution is 6.30. The van der Waals surface area contributed by atoms with Gasteiger partial charge in [0.05, 0.1) is 22.1 Å². The number of halogens is 7. The van der Waals surface area contributed by atoms with Gasteiger partial charge >= 0.3 is 12.4 Å². The third-order valence-corrected chi connectivity index (χ3v) is 5.12. The van der Waals surface area contributed by atoms with E-state index in [1.807, 2.05) is 0 Å². The number of alkyl halides is 6. The maximum Gasteiger partial charge on any atom is 0.416 e. The highest BCUT2D eigenvalue weighted by atomic mass is 35.5. The normalized spacial score (nSPS) is 17.2. The number of piperidine rings is 1. The molecule has 1 saturated heterocycles. The number of hydrogen-bond donors (Lipinski definition) is 1. The van der Waals surface area contributed by atoms with Crippen LogP contribution in [-0.2, 0) is 17.1 Å². The average molecular weight is 480 g/mol. The summed E-state index contributed by atoms with van der Waals surface area (Å²) in [6.45, 7) is -0.0603. The monoisotopic (exact) mass is 479 g/mol. The number of aromatic nitrogens is 1. The van der Waals surface area contributed by atoms with E-state index in [-0.39, 0.29) is 25.0 Å². The predicted molar refractivity (Wildman–Crippen MR) is 103 cm³/mol. The largest absolute Gasteiger partial charge is 0.416 e. The first-order valence-electron chi connectivity index (χ1n) is 9.36. The van der Waals surface area contributed by atoms with Crippen LogP contribution < -0.4 is 5.32 Å². The van der Waals surface area contributed by atoms with E-state index in [1.165, 1.54) is 18.3 Å². The van der Waals surface area contributed by atoms with E-state index in [9.17, 15) is 35.9 Å². The number of hydrogen-bond acceptors (Lipinski definition) is 3. The highest BCUT2D eigenvalue weighted by Gasteiger charge is 2.38. The third-order valence-electron chi connectivity index (χ3n) is 4.89. The molecule has 1 atom stereocenters. The van der Waals surface area contributed by atoms with E-state index >= 15 is 0 Å². The molecule has 12 heteroatoms. The second-order valence-corrected chi connectivity index (χ2v) is 7.67. The Kier molecular flexibility index (Phi) is 6.68. The molecule has 2 aromatic rings. The number of rotatable bonds is 3. The van der Waals surface area contributed by atoms with Crippen molar-refractivity contribution in [3.63, 3.8) is 0 Å². The maximum absolute atomic E-state index is 13.1. The standard InChI is InChI=1S/C20H16ClF6N3O2/c21-15-3-4-16(28-9-15)29-17(31)11-2-1-5-30(10-11)18(32)12-6-13(19(22,23)24)8-14(7-12)20(25,26)27/h3-4,6-9,11H,1-2,5,10H2,(H,28,29,31). The van der Waals surface area contributed by atoms with E-state index in [0.717, 1.165) is 4.90 Å². The number of nitrogens with zero attached hydrogens (tertiary/aromatic N) is 2. The van der Waals surface area contributed by atoms with Gasteiger partial charge in [-0.15, -0.1) is 0 Å². The summed E-state index contributed by atoms with van der Waals surface area (Å²) >= 11 is 5.73. The van der Waals surface area contributed by atoms with Gasteiger partial charge in [0.15, 0.2) is 0 Å². The lowest BCUT2D eigenvalue weighted by atomic mass is 9.96. The van der Waals surface area contributed by atoms with Crippen molar-refractivity contribution in [1.29, 1.82) is 0 Å². The van der Waals surface area contributed by atoms with Gasteiger partial charge < -0.3 is 10.2 Å². The van der Waals surface area contributed by atoms with Crippen molar-refractivity contribution in [2.45, 2.75) is 25.2 Å². The number of likely N-dealkylation sites (tertiary alicyclic amines) is 1. The van der Waals surface area contributed by atoms with E-state index in [4.69, 9.17) is 11.6 Å². The molecule has 2 heterocycles. The Bertz CT molecular complexity index is 976. The van der Waals surface area contributed by atoms with Gasteiger partial charge in [-0.2, -0.15) is 26.3 Å². The summed E-state index contributed by atoms with van der Waals surface area (Å²) in [5.41, 5.74) is -3.89. The molecule has 1 aromatic heterocycles. The summed E-state index contributed by atoms with van der Waals surface area (Å²) in [6, 6.07) is 3.71. The summed E-state index contributed by atoms with van der Waals surface area (Å²) in [6.07, 6.45) is -8.07. The van der Waals surface area contributed by atoms with Crippen LogP contribution in [0.4, 0.5) is 32.2 Å². The number of amides is 2. The van der Waals surface area contributed by atoms with Crippen LogP contribution in [0.1, 0.15) is 34.3 Å². The van der Waals surface area contributed by atoms with Crippen LogP contribution in [0.5, 0.6) is 0 Å². The van der Waals surface area contributed by atoms with Crippen LogP contribution in [0.3, 0.4) is 0 Å². The molecule has 0 aliphatic carbocycles. The molecule has 0 bridgehead atoms. The van der Waals surface area contributed by atoms with Gasteiger partial charge in [-0.3, -0.25) is 9.59 Å². The Balaban J connectivity index is 1.79. The molecule has 172 valence electrons. The molecule has 1 fully saturated rings. The minimum atomic E-state index is -5.06. The van der Waals surface area contributed by atoms with Gasteiger partial charge in [0, 0.05) is 24.8 Å². The smallest absolute Gasteiger partial charge is 0.338 e. The quantitative estimate of drug-likeness (QED) is 0.611. The number of carbonyl (C=O) groups excluding carboxylic acids is 2. The van der Waals surface area contributed by atoms with E-state index in [1.54, 1.807) is 0 Å². The first kappa shape index (κ1) is 23.8. The minimum Gasteiger partial charge on any atom is -0.338 e. The molecule has 0 saturated carbocycles. The lowest BCUT2D eigenvalue weighted by molar-refractivity contribution is -0.143. The van der Waals surface area contributed by atoms with Crippen LogP contribution in [0.15, 0.2) is 36.5 Å². The molecule has 0 spiro atoms. The SMILES string of the molecule is O=C(Nc1ccc(Cl)cn1)C1CCCN(C(=O)c2cc(C(F)(F)F)cc(C(F)(F)F)c2)C1. The first-order valence-corrected chi connectivity index (χ1v) is 9.73. The molecule has 1 N–H and O–H groups in total. The van der Waals surface area contributed by atoms with Gasteiger partial charge in [0.25, 0.3) is 5.91 Å². The van der Waals surface area contributed by atoms with Crippen LogP contribution in [-0.4, -0.2) is 34.8 Å². The van der Waals surface area contributed by atoms with Crippen LogP contribution in [0, 0.1) is 5.92 Å². The van der Waals surface area contributed by atoms with Crippen LogP contribution in [0.25, 0.3) is 0 Å². The topological polar surface area (TPSA) is 62.3 Å². The molecular weight excluding hydrogens is 464 g/mol. The number of benzene rings is 1. The molecule has 1 aliphatic rings. The van der Waals surface area contributed by atoms with Crippen molar-refractivity contribution < 1.29 is 35.9 Å². The average Bonchev–Trinajstić information content (AvgIpc) is 2.73. The number of carbonyl (C=O) groups is 2. The van der Waals surface area contributed by atoms with Gasteiger partial charge in [0.2, 0.25) is 5.91 Å². The van der Waals surface area contributed by atoms with Gasteiger partial charge in [-0.25, -0.2) is 4.98 Å². The predicted octanol–water partition coefficient (Wildman–Crippen LogP) is 5.26. The first-order chi connectivity index (χ1) is 14.8. The minimum absolute atomic E-state index is 0.0393. The van der Waals surface area contributed by atoms with Crippen LogP contribution >= 0.6 is 11.6 Å². The summed E-state index contributed by atoms with van der Waals surface area (Å²) in [7, 11) is 0. The Hall–Kier alpha value is -2.82. The van der Waals surface area contributed by atoms with E-state index in [0.29, 0.717) is 30.0 Å². The van der Waals surface area contributed by atoms with Crippen molar-refractivity contribution in [1.82, 2.24) is 9.88 Å². The lowest BCUT2D eigenvalue weighted by Crippen LogP contribution is -2.44. The second-order valence-electron chi connectivity index (χ2n) is 7.24. The Morgan fingerprint density at radius 1 is 1.03 bits per heavy atom. The molecule has 0 radical (unpaired) electrons. The third kappa shape index (κ3) is 5.70. The molecule has 1 unspecified atom stereocenters.